The van der Waals surface area contributed by atoms with Gasteiger partial charge in [0.25, 0.3) is 0 Å². The van der Waals surface area contributed by atoms with E-state index in [1.165, 1.54) is 25.0 Å². The van der Waals surface area contributed by atoms with Crippen LogP contribution in [-0.2, 0) is 5.41 Å². The number of nitrogens with two attached hydrogens (primary N) is 1. The fourth-order valence-electron chi connectivity index (χ4n) is 3.24. The van der Waals surface area contributed by atoms with Gasteiger partial charge in [-0.05, 0) is 42.7 Å². The molecule has 2 aromatic rings. The molecule has 1 aliphatic carbocycles. The minimum Gasteiger partial charge on any atom is -0.370 e. The fraction of sp³-hybridized carbons (Fsp3) is 0.333. The Balaban J connectivity index is 1.75. The normalized spacial score (nSPS) is 17.2. The first-order valence-electron chi connectivity index (χ1n) is 7.92. The number of pyridine rings is 1. The molecule has 1 fully saturated rings. The van der Waals surface area contributed by atoms with Crippen LogP contribution in [0.4, 0.5) is 10.2 Å². The average molecular weight is 312 g/mol. The Morgan fingerprint density at radius 2 is 1.91 bits per heavy atom. The molecule has 1 aliphatic rings. The maximum atomic E-state index is 13.2. The molecule has 1 heterocycles. The highest BCUT2D eigenvalue weighted by atomic mass is 19.1. The molecule has 0 aliphatic heterocycles. The lowest BCUT2D eigenvalue weighted by Gasteiger charge is -2.28. The molecular formula is C18H21FN4. The summed E-state index contributed by atoms with van der Waals surface area (Å²) in [6, 6.07) is 12.4. The lowest BCUT2D eigenvalue weighted by Crippen LogP contribution is -2.30. The minimum absolute atomic E-state index is 0.0376. The number of hydrogen-bond acceptors (Lipinski definition) is 2. The second-order valence-electron chi connectivity index (χ2n) is 6.04. The van der Waals surface area contributed by atoms with Gasteiger partial charge in [-0.25, -0.2) is 9.37 Å². The Hall–Kier alpha value is -2.43. The Morgan fingerprint density at radius 3 is 2.57 bits per heavy atom. The lowest BCUT2D eigenvalue weighted by molar-refractivity contribution is 0.453. The van der Waals surface area contributed by atoms with Crippen molar-refractivity contribution in [2.45, 2.75) is 31.1 Å². The number of nitrogens with zero attached hydrogens (tertiary/aromatic N) is 2. The second-order valence-corrected chi connectivity index (χ2v) is 6.04. The van der Waals surface area contributed by atoms with Gasteiger partial charge in [0.1, 0.15) is 11.6 Å². The van der Waals surface area contributed by atoms with Crippen LogP contribution in [-0.4, -0.2) is 17.5 Å². The first-order chi connectivity index (χ1) is 11.2. The van der Waals surface area contributed by atoms with E-state index in [0.717, 1.165) is 18.4 Å². The standard InChI is InChI=1S/C18H21FN4/c19-15-8-6-14(7-9-15)18(10-2-3-11-18)13-22-17(20)23-16-5-1-4-12-21-16/h1,4-9,12H,2-3,10-11,13H2,(H3,20,21,22,23). The second kappa shape index (κ2) is 6.77. The van der Waals surface area contributed by atoms with Crippen molar-refractivity contribution < 1.29 is 4.39 Å². The van der Waals surface area contributed by atoms with E-state index in [-0.39, 0.29) is 11.2 Å². The Morgan fingerprint density at radius 1 is 1.17 bits per heavy atom. The quantitative estimate of drug-likeness (QED) is 0.671. The predicted molar refractivity (Wildman–Crippen MR) is 90.9 cm³/mol. The zero-order valence-corrected chi connectivity index (χ0v) is 13.0. The van der Waals surface area contributed by atoms with Crippen molar-refractivity contribution in [2.75, 3.05) is 11.9 Å². The number of nitrogens with one attached hydrogen (secondary N) is 1. The Kier molecular flexibility index (Phi) is 4.55. The predicted octanol–water partition coefficient (Wildman–Crippen LogP) is 3.46. The number of rotatable bonds is 4. The molecule has 0 bridgehead atoms. The van der Waals surface area contributed by atoms with Gasteiger partial charge in [-0.3, -0.25) is 4.99 Å². The summed E-state index contributed by atoms with van der Waals surface area (Å²) in [4.78, 5) is 8.69. The number of hydrogen-bond donors (Lipinski definition) is 2. The van der Waals surface area contributed by atoms with Crippen molar-refractivity contribution in [3.8, 4) is 0 Å². The van der Waals surface area contributed by atoms with E-state index < -0.39 is 0 Å². The SMILES string of the molecule is NC(=NCC1(c2ccc(F)cc2)CCCC1)Nc1ccccn1. The fourth-order valence-corrected chi connectivity index (χ4v) is 3.24. The van der Waals surface area contributed by atoms with E-state index in [1.807, 2.05) is 30.3 Å². The van der Waals surface area contributed by atoms with Crippen LogP contribution in [0.5, 0.6) is 0 Å². The number of anilines is 1. The summed E-state index contributed by atoms with van der Waals surface area (Å²) < 4.78 is 13.2. The highest BCUT2D eigenvalue weighted by Crippen LogP contribution is 2.41. The molecule has 1 saturated carbocycles. The minimum atomic E-state index is -0.207. The summed E-state index contributed by atoms with van der Waals surface area (Å²) in [6.07, 6.45) is 6.14. The number of aromatic nitrogens is 1. The van der Waals surface area contributed by atoms with Gasteiger partial charge in [-0.15, -0.1) is 0 Å². The van der Waals surface area contributed by atoms with Gasteiger partial charge in [0.15, 0.2) is 5.96 Å². The summed E-state index contributed by atoms with van der Waals surface area (Å²) >= 11 is 0. The van der Waals surface area contributed by atoms with E-state index in [4.69, 9.17) is 5.73 Å². The average Bonchev–Trinajstić information content (AvgIpc) is 3.05. The van der Waals surface area contributed by atoms with Crippen molar-refractivity contribution >= 4 is 11.8 Å². The van der Waals surface area contributed by atoms with E-state index in [9.17, 15) is 4.39 Å². The molecule has 0 unspecified atom stereocenters. The first-order valence-corrected chi connectivity index (χ1v) is 7.92. The van der Waals surface area contributed by atoms with Gasteiger partial charge < -0.3 is 11.1 Å². The topological polar surface area (TPSA) is 63.3 Å². The molecule has 0 atom stereocenters. The molecule has 0 amide bonds. The van der Waals surface area contributed by atoms with Gasteiger partial charge in [-0.2, -0.15) is 0 Å². The van der Waals surface area contributed by atoms with Crippen LogP contribution in [0.1, 0.15) is 31.2 Å². The lowest BCUT2D eigenvalue weighted by atomic mass is 9.79. The molecule has 23 heavy (non-hydrogen) atoms. The molecule has 4 nitrogen and oxygen atoms in total. The molecule has 3 N–H and O–H groups in total. The smallest absolute Gasteiger partial charge is 0.194 e. The van der Waals surface area contributed by atoms with E-state index in [1.54, 1.807) is 6.20 Å². The van der Waals surface area contributed by atoms with Gasteiger partial charge in [0, 0.05) is 11.6 Å². The van der Waals surface area contributed by atoms with Crippen LogP contribution in [0.25, 0.3) is 0 Å². The largest absolute Gasteiger partial charge is 0.370 e. The van der Waals surface area contributed by atoms with Gasteiger partial charge in [-0.1, -0.05) is 31.0 Å². The Labute approximate surface area is 135 Å². The van der Waals surface area contributed by atoms with Crippen LogP contribution in [0.2, 0.25) is 0 Å². The molecule has 120 valence electrons. The summed E-state index contributed by atoms with van der Waals surface area (Å²) in [6.45, 7) is 0.601. The van der Waals surface area contributed by atoms with Crippen LogP contribution in [0, 0.1) is 5.82 Å². The van der Waals surface area contributed by atoms with Crippen molar-refractivity contribution in [3.05, 3.63) is 60.0 Å². The van der Waals surface area contributed by atoms with E-state index >= 15 is 0 Å². The number of guanidine groups is 1. The molecule has 5 heteroatoms. The molecule has 1 aromatic carbocycles. The molecule has 0 radical (unpaired) electrons. The monoisotopic (exact) mass is 312 g/mol. The van der Waals surface area contributed by atoms with Crippen molar-refractivity contribution in [1.82, 2.24) is 4.98 Å². The third-order valence-electron chi connectivity index (χ3n) is 4.49. The van der Waals surface area contributed by atoms with Crippen LogP contribution < -0.4 is 11.1 Å². The zero-order valence-electron chi connectivity index (χ0n) is 13.0. The maximum absolute atomic E-state index is 13.2. The summed E-state index contributed by atoms with van der Waals surface area (Å²) in [5, 5.41) is 3.00. The van der Waals surface area contributed by atoms with E-state index in [0.29, 0.717) is 18.3 Å². The van der Waals surface area contributed by atoms with Crippen LogP contribution in [0.3, 0.4) is 0 Å². The highest BCUT2D eigenvalue weighted by molar-refractivity contribution is 5.91. The number of aliphatic imine (C=N–C) groups is 1. The molecule has 0 saturated heterocycles. The van der Waals surface area contributed by atoms with Crippen LogP contribution in [0.15, 0.2) is 53.7 Å². The third kappa shape index (κ3) is 3.67. The number of benzene rings is 1. The maximum Gasteiger partial charge on any atom is 0.194 e. The summed E-state index contributed by atoms with van der Waals surface area (Å²) in [5.41, 5.74) is 7.09. The molecule has 1 aromatic heterocycles. The molecule has 0 spiro atoms. The van der Waals surface area contributed by atoms with Gasteiger partial charge in [0.05, 0.1) is 6.54 Å². The molecular weight excluding hydrogens is 291 g/mol. The summed E-state index contributed by atoms with van der Waals surface area (Å²) in [7, 11) is 0. The summed E-state index contributed by atoms with van der Waals surface area (Å²) in [5.74, 6) is 0.829. The molecule has 3 rings (SSSR count). The van der Waals surface area contributed by atoms with Crippen molar-refractivity contribution in [3.63, 3.8) is 0 Å². The zero-order chi connectivity index (χ0) is 16.1. The van der Waals surface area contributed by atoms with Crippen molar-refractivity contribution in [2.24, 2.45) is 10.7 Å². The van der Waals surface area contributed by atoms with Gasteiger partial charge in [0.2, 0.25) is 0 Å². The van der Waals surface area contributed by atoms with Crippen LogP contribution >= 0.6 is 0 Å². The Bertz CT molecular complexity index is 661. The van der Waals surface area contributed by atoms with E-state index in [2.05, 4.69) is 15.3 Å². The first kappa shape index (κ1) is 15.5. The van der Waals surface area contributed by atoms with Gasteiger partial charge >= 0.3 is 0 Å². The van der Waals surface area contributed by atoms with Crippen molar-refractivity contribution in [1.29, 1.82) is 0 Å². The number of halogens is 1. The third-order valence-corrected chi connectivity index (χ3v) is 4.49. The highest BCUT2D eigenvalue weighted by Gasteiger charge is 2.35.